The summed E-state index contributed by atoms with van der Waals surface area (Å²) in [5, 5.41) is 7.49. The van der Waals surface area contributed by atoms with Crippen molar-refractivity contribution in [3.63, 3.8) is 0 Å². The van der Waals surface area contributed by atoms with Crippen LogP contribution in [0.15, 0.2) is 54.7 Å². The average molecular weight is 411 g/mol. The van der Waals surface area contributed by atoms with Crippen molar-refractivity contribution in [1.29, 1.82) is 0 Å². The Morgan fingerprint density at radius 2 is 1.93 bits per heavy atom. The minimum Gasteiger partial charge on any atom is -0.452 e. The van der Waals surface area contributed by atoms with Crippen LogP contribution >= 0.6 is 11.6 Å². The maximum Gasteiger partial charge on any atom is 0.331 e. The first-order valence-corrected chi connectivity index (χ1v) is 9.19. The molecule has 0 saturated heterocycles. The first-order valence-electron chi connectivity index (χ1n) is 8.82. The number of nitrogens with zero attached hydrogens (tertiary/aromatic N) is 3. The number of anilines is 1. The topological polar surface area (TPSA) is 86.1 Å². The molecule has 2 aromatic heterocycles. The van der Waals surface area contributed by atoms with Gasteiger partial charge in [-0.1, -0.05) is 29.8 Å². The van der Waals surface area contributed by atoms with Crippen LogP contribution in [0.5, 0.6) is 0 Å². The van der Waals surface area contributed by atoms with Crippen LogP contribution in [0.2, 0.25) is 5.02 Å². The quantitative estimate of drug-likeness (QED) is 0.494. The summed E-state index contributed by atoms with van der Waals surface area (Å²) < 4.78 is 6.79. The van der Waals surface area contributed by atoms with Gasteiger partial charge in [-0.05, 0) is 44.2 Å². The summed E-state index contributed by atoms with van der Waals surface area (Å²) in [6.45, 7) is 3.36. The number of esters is 1. The number of pyridine rings is 1. The van der Waals surface area contributed by atoms with Gasteiger partial charge < -0.3 is 10.1 Å². The molecule has 8 heteroatoms. The maximum atomic E-state index is 12.0. The van der Waals surface area contributed by atoms with Crippen LogP contribution in [0.1, 0.15) is 17.0 Å². The monoisotopic (exact) mass is 410 g/mol. The zero-order chi connectivity index (χ0) is 20.8. The SMILES string of the molecule is Cc1nn(-c2ccccc2)c(C)c1/C=C/C(=O)OCC(=O)Nc1ccc(Cl)cn1. The Morgan fingerprint density at radius 3 is 2.62 bits per heavy atom. The highest BCUT2D eigenvalue weighted by atomic mass is 35.5. The number of ether oxygens (including phenoxy) is 1. The third kappa shape index (κ3) is 5.30. The maximum absolute atomic E-state index is 12.0. The van der Waals surface area contributed by atoms with Crippen molar-refractivity contribution in [1.82, 2.24) is 14.8 Å². The lowest BCUT2D eigenvalue weighted by atomic mass is 10.2. The highest BCUT2D eigenvalue weighted by Crippen LogP contribution is 2.19. The van der Waals surface area contributed by atoms with Gasteiger partial charge in [0, 0.05) is 23.5 Å². The summed E-state index contributed by atoms with van der Waals surface area (Å²) in [5.41, 5.74) is 3.43. The fourth-order valence-corrected chi connectivity index (χ4v) is 2.79. The van der Waals surface area contributed by atoms with Crippen LogP contribution in [-0.2, 0) is 14.3 Å². The molecular weight excluding hydrogens is 392 g/mol. The first kappa shape index (κ1) is 20.3. The number of aromatic nitrogens is 3. The number of carbonyl (C=O) groups excluding carboxylic acids is 2. The van der Waals surface area contributed by atoms with Crippen LogP contribution in [-0.4, -0.2) is 33.2 Å². The summed E-state index contributed by atoms with van der Waals surface area (Å²) in [4.78, 5) is 27.8. The number of para-hydroxylation sites is 1. The van der Waals surface area contributed by atoms with Crippen molar-refractivity contribution in [3.8, 4) is 5.69 Å². The lowest BCUT2D eigenvalue weighted by molar-refractivity contribution is -0.142. The molecule has 29 heavy (non-hydrogen) atoms. The van der Waals surface area contributed by atoms with E-state index in [1.54, 1.807) is 18.2 Å². The second-order valence-corrected chi connectivity index (χ2v) is 6.62. The number of hydrogen-bond acceptors (Lipinski definition) is 5. The molecule has 0 bridgehead atoms. The molecule has 148 valence electrons. The number of nitrogens with one attached hydrogen (secondary N) is 1. The lowest BCUT2D eigenvalue weighted by Crippen LogP contribution is -2.20. The molecule has 0 saturated carbocycles. The van der Waals surface area contributed by atoms with Gasteiger partial charge in [-0.25, -0.2) is 14.5 Å². The Hall–Kier alpha value is -3.45. The Morgan fingerprint density at radius 1 is 1.17 bits per heavy atom. The van der Waals surface area contributed by atoms with Crippen molar-refractivity contribution >= 4 is 35.4 Å². The second kappa shape index (κ2) is 9.16. The molecule has 1 aromatic carbocycles. The van der Waals surface area contributed by atoms with Crippen molar-refractivity contribution in [2.75, 3.05) is 11.9 Å². The van der Waals surface area contributed by atoms with Crippen molar-refractivity contribution in [2.45, 2.75) is 13.8 Å². The van der Waals surface area contributed by atoms with Gasteiger partial charge in [0.2, 0.25) is 0 Å². The molecule has 0 aliphatic heterocycles. The van der Waals surface area contributed by atoms with Crippen LogP contribution < -0.4 is 5.32 Å². The minimum absolute atomic E-state index is 0.325. The van der Waals surface area contributed by atoms with Crippen molar-refractivity contribution in [2.24, 2.45) is 0 Å². The van der Waals surface area contributed by atoms with Gasteiger partial charge in [-0.3, -0.25) is 4.79 Å². The van der Waals surface area contributed by atoms with Gasteiger partial charge in [0.1, 0.15) is 5.82 Å². The molecule has 0 radical (unpaired) electrons. The van der Waals surface area contributed by atoms with Crippen LogP contribution in [0, 0.1) is 13.8 Å². The zero-order valence-electron chi connectivity index (χ0n) is 15.9. The average Bonchev–Trinajstić information content (AvgIpc) is 3.01. The van der Waals surface area contributed by atoms with Gasteiger partial charge in [-0.15, -0.1) is 0 Å². The summed E-state index contributed by atoms with van der Waals surface area (Å²) in [6, 6.07) is 12.9. The number of carbonyl (C=O) groups is 2. The molecule has 0 aliphatic carbocycles. The highest BCUT2D eigenvalue weighted by Gasteiger charge is 2.11. The molecular formula is C21H19ClN4O3. The van der Waals surface area contributed by atoms with E-state index >= 15 is 0 Å². The number of rotatable bonds is 6. The first-order chi connectivity index (χ1) is 13.9. The third-order valence-corrected chi connectivity index (χ3v) is 4.30. The summed E-state index contributed by atoms with van der Waals surface area (Å²) in [7, 11) is 0. The summed E-state index contributed by atoms with van der Waals surface area (Å²) >= 11 is 5.74. The standard InChI is InChI=1S/C21H19ClN4O3/c1-14-18(15(2)26(25-14)17-6-4-3-5-7-17)9-11-21(28)29-13-20(27)24-19-10-8-16(22)12-23-19/h3-12H,13H2,1-2H3,(H,23,24,27)/b11-9+. The van der Waals surface area contributed by atoms with E-state index in [0.717, 1.165) is 22.6 Å². The number of hydrogen-bond donors (Lipinski definition) is 1. The second-order valence-electron chi connectivity index (χ2n) is 6.18. The molecule has 1 N–H and O–H groups in total. The molecule has 0 aliphatic rings. The largest absolute Gasteiger partial charge is 0.452 e. The Balaban J connectivity index is 1.58. The van der Waals surface area contributed by atoms with E-state index < -0.39 is 18.5 Å². The number of aryl methyl sites for hydroxylation is 1. The molecule has 3 rings (SSSR count). The molecule has 0 atom stereocenters. The third-order valence-electron chi connectivity index (χ3n) is 4.07. The molecule has 0 spiro atoms. The molecule has 1 amide bonds. The van der Waals surface area contributed by atoms with E-state index in [0.29, 0.717) is 10.8 Å². The predicted octanol–water partition coefficient (Wildman–Crippen LogP) is 3.73. The molecule has 2 heterocycles. The van der Waals surface area contributed by atoms with E-state index in [2.05, 4.69) is 15.4 Å². The smallest absolute Gasteiger partial charge is 0.331 e. The normalized spacial score (nSPS) is 10.9. The van der Waals surface area contributed by atoms with E-state index in [9.17, 15) is 9.59 Å². The van der Waals surface area contributed by atoms with Crippen LogP contribution in [0.25, 0.3) is 11.8 Å². The predicted molar refractivity (Wildman–Crippen MR) is 111 cm³/mol. The van der Waals surface area contributed by atoms with E-state index in [1.807, 2.05) is 48.9 Å². The van der Waals surface area contributed by atoms with Gasteiger partial charge in [0.25, 0.3) is 5.91 Å². The Kier molecular flexibility index (Phi) is 6.41. The van der Waals surface area contributed by atoms with Crippen LogP contribution in [0.4, 0.5) is 5.82 Å². The zero-order valence-corrected chi connectivity index (χ0v) is 16.7. The number of halogens is 1. The fourth-order valence-electron chi connectivity index (χ4n) is 2.68. The fraction of sp³-hybridized carbons (Fsp3) is 0.143. The highest BCUT2D eigenvalue weighted by molar-refractivity contribution is 6.30. The van der Waals surface area contributed by atoms with E-state index in [1.165, 1.54) is 12.3 Å². The van der Waals surface area contributed by atoms with Gasteiger partial charge in [0.15, 0.2) is 6.61 Å². The molecule has 3 aromatic rings. The van der Waals surface area contributed by atoms with Gasteiger partial charge in [0.05, 0.1) is 16.4 Å². The van der Waals surface area contributed by atoms with Crippen molar-refractivity contribution < 1.29 is 14.3 Å². The number of benzene rings is 1. The number of amides is 1. The molecule has 0 unspecified atom stereocenters. The summed E-state index contributed by atoms with van der Waals surface area (Å²) in [6.07, 6.45) is 4.32. The van der Waals surface area contributed by atoms with E-state index in [4.69, 9.17) is 16.3 Å². The van der Waals surface area contributed by atoms with Crippen molar-refractivity contribution in [3.05, 3.63) is 76.7 Å². The van der Waals surface area contributed by atoms with Gasteiger partial charge in [-0.2, -0.15) is 5.10 Å². The lowest BCUT2D eigenvalue weighted by Gasteiger charge is -2.04. The molecule has 7 nitrogen and oxygen atoms in total. The molecule has 0 fully saturated rings. The summed E-state index contributed by atoms with van der Waals surface area (Å²) in [5.74, 6) is -0.799. The van der Waals surface area contributed by atoms with Crippen LogP contribution in [0.3, 0.4) is 0 Å². The minimum atomic E-state index is -0.629. The van der Waals surface area contributed by atoms with Gasteiger partial charge >= 0.3 is 5.97 Å². The Bertz CT molecular complexity index is 1040. The Labute approximate surface area is 173 Å². The van der Waals surface area contributed by atoms with E-state index in [-0.39, 0.29) is 0 Å².